The van der Waals surface area contributed by atoms with Crippen molar-refractivity contribution in [1.82, 2.24) is 9.97 Å². The third kappa shape index (κ3) is 1.64. The molecule has 1 aromatic heterocycles. The number of imidazole rings is 1. The van der Waals surface area contributed by atoms with Crippen LogP contribution in [0.2, 0.25) is 0 Å². The molecule has 1 aromatic rings. The van der Waals surface area contributed by atoms with Gasteiger partial charge in [-0.1, -0.05) is 13.8 Å². The van der Waals surface area contributed by atoms with E-state index in [4.69, 9.17) is 0 Å². The molecule has 0 aliphatic rings. The fourth-order valence-electron chi connectivity index (χ4n) is 0.916. The molecule has 1 heterocycles. The lowest BCUT2D eigenvalue weighted by Gasteiger charge is -2.03. The summed E-state index contributed by atoms with van der Waals surface area (Å²) < 4.78 is 0. The summed E-state index contributed by atoms with van der Waals surface area (Å²) in [6.07, 6.45) is 2.20. The highest BCUT2D eigenvalue weighted by atomic mass is 16.1. The Labute approximate surface area is 70.0 Å². The molecular weight excluding hydrogens is 156 g/mol. The predicted octanol–water partition coefficient (Wildman–Crippen LogP) is 0.932. The van der Waals surface area contributed by atoms with Gasteiger partial charge < -0.3 is 9.97 Å². The van der Waals surface area contributed by atoms with Gasteiger partial charge in [-0.05, 0) is 6.42 Å². The summed E-state index contributed by atoms with van der Waals surface area (Å²) in [7, 11) is 0. The summed E-state index contributed by atoms with van der Waals surface area (Å²) in [5.74, 6) is -0.0488. The van der Waals surface area contributed by atoms with E-state index in [0.717, 1.165) is 6.42 Å². The number of carbonyl (C=O) groups excluding carboxylic acids is 1. The molecule has 1 atom stereocenters. The van der Waals surface area contributed by atoms with E-state index in [1.807, 2.05) is 13.8 Å². The number of H-pyrrole nitrogens is 2. The Morgan fingerprint density at radius 1 is 1.67 bits per heavy atom. The Morgan fingerprint density at radius 3 is 2.75 bits per heavy atom. The number of aromatic nitrogens is 2. The maximum Gasteiger partial charge on any atom is 0.323 e. The van der Waals surface area contributed by atoms with E-state index in [1.54, 1.807) is 0 Å². The predicted molar refractivity (Wildman–Crippen MR) is 45.2 cm³/mol. The highest BCUT2D eigenvalue weighted by Gasteiger charge is 2.14. The molecule has 0 aromatic carbocycles. The molecule has 0 amide bonds. The fourth-order valence-corrected chi connectivity index (χ4v) is 0.916. The largest absolute Gasteiger partial charge is 0.323 e. The first-order valence-corrected chi connectivity index (χ1v) is 3.97. The molecule has 1 rings (SSSR count). The Balaban J connectivity index is 2.85. The molecule has 1 unspecified atom stereocenters. The highest BCUT2D eigenvalue weighted by Crippen LogP contribution is 2.07. The van der Waals surface area contributed by atoms with Crippen LogP contribution in [0.25, 0.3) is 0 Å². The average Bonchev–Trinajstić information content (AvgIpc) is 2.49. The van der Waals surface area contributed by atoms with Crippen molar-refractivity contribution >= 4 is 5.78 Å². The number of ketones is 1. The maximum absolute atomic E-state index is 11.4. The minimum absolute atomic E-state index is 0.0177. The zero-order valence-electron chi connectivity index (χ0n) is 7.18. The van der Waals surface area contributed by atoms with Crippen molar-refractivity contribution in [3.05, 3.63) is 22.4 Å². The van der Waals surface area contributed by atoms with E-state index in [0.29, 0.717) is 5.69 Å². The number of Topliss-reactive ketones (excluding diaryl/α,β-unsaturated/α-hetero) is 1. The lowest BCUT2D eigenvalue weighted by Crippen LogP contribution is -2.12. The van der Waals surface area contributed by atoms with Crippen molar-refractivity contribution in [3.63, 3.8) is 0 Å². The van der Waals surface area contributed by atoms with Crippen LogP contribution < -0.4 is 5.69 Å². The van der Waals surface area contributed by atoms with Crippen LogP contribution in [0.5, 0.6) is 0 Å². The van der Waals surface area contributed by atoms with Crippen LogP contribution in [-0.4, -0.2) is 15.8 Å². The van der Waals surface area contributed by atoms with E-state index in [2.05, 4.69) is 9.97 Å². The number of hydrogen-bond acceptors (Lipinski definition) is 2. The molecule has 2 N–H and O–H groups in total. The van der Waals surface area contributed by atoms with Gasteiger partial charge in [0.1, 0.15) is 5.69 Å². The van der Waals surface area contributed by atoms with E-state index in [1.165, 1.54) is 6.20 Å². The van der Waals surface area contributed by atoms with Crippen LogP contribution in [-0.2, 0) is 0 Å². The second kappa shape index (κ2) is 3.38. The number of rotatable bonds is 3. The van der Waals surface area contributed by atoms with Crippen LogP contribution in [0, 0.1) is 5.92 Å². The summed E-state index contributed by atoms with van der Waals surface area (Å²) >= 11 is 0. The normalized spacial score (nSPS) is 12.8. The SMILES string of the molecule is CCC(C)C(=O)c1c[nH]c(=O)[nH]1. The third-order valence-electron chi connectivity index (χ3n) is 1.92. The van der Waals surface area contributed by atoms with Crippen LogP contribution in [0.15, 0.2) is 11.0 Å². The van der Waals surface area contributed by atoms with E-state index < -0.39 is 0 Å². The van der Waals surface area contributed by atoms with Crippen molar-refractivity contribution in [3.8, 4) is 0 Å². The van der Waals surface area contributed by atoms with Crippen molar-refractivity contribution in [2.75, 3.05) is 0 Å². The van der Waals surface area contributed by atoms with Gasteiger partial charge in [0.05, 0.1) is 0 Å². The fraction of sp³-hybridized carbons (Fsp3) is 0.500. The summed E-state index contributed by atoms with van der Waals surface area (Å²) in [4.78, 5) is 26.9. The van der Waals surface area contributed by atoms with E-state index >= 15 is 0 Å². The summed E-state index contributed by atoms with van der Waals surface area (Å²) in [5, 5.41) is 0. The molecule has 0 aliphatic carbocycles. The molecule has 0 aliphatic heterocycles. The van der Waals surface area contributed by atoms with Crippen molar-refractivity contribution in [1.29, 1.82) is 0 Å². The molecule has 0 spiro atoms. The van der Waals surface area contributed by atoms with Crippen LogP contribution in [0.4, 0.5) is 0 Å². The first-order chi connectivity index (χ1) is 5.65. The number of nitrogens with one attached hydrogen (secondary N) is 2. The van der Waals surface area contributed by atoms with Crippen LogP contribution >= 0.6 is 0 Å². The van der Waals surface area contributed by atoms with Gasteiger partial charge in [-0.3, -0.25) is 4.79 Å². The van der Waals surface area contributed by atoms with Gasteiger partial charge in [-0.15, -0.1) is 0 Å². The number of aromatic amines is 2. The van der Waals surface area contributed by atoms with Gasteiger partial charge in [0.25, 0.3) is 0 Å². The van der Waals surface area contributed by atoms with Gasteiger partial charge in [-0.2, -0.15) is 0 Å². The molecule has 0 radical (unpaired) electrons. The Morgan fingerprint density at radius 2 is 2.33 bits per heavy atom. The van der Waals surface area contributed by atoms with Gasteiger partial charge in [0.2, 0.25) is 0 Å². The third-order valence-corrected chi connectivity index (χ3v) is 1.92. The molecular formula is C8H12N2O2. The minimum Gasteiger partial charge on any atom is -0.312 e. The number of hydrogen-bond donors (Lipinski definition) is 2. The summed E-state index contributed by atoms with van der Waals surface area (Å²) in [6.45, 7) is 3.78. The van der Waals surface area contributed by atoms with Gasteiger partial charge >= 0.3 is 5.69 Å². The molecule has 0 saturated heterocycles. The van der Waals surface area contributed by atoms with Crippen LogP contribution in [0.1, 0.15) is 30.8 Å². The molecule has 4 nitrogen and oxygen atoms in total. The quantitative estimate of drug-likeness (QED) is 0.659. The topological polar surface area (TPSA) is 65.7 Å². The lowest BCUT2D eigenvalue weighted by molar-refractivity contribution is 0.0922. The number of carbonyl (C=O) groups is 1. The van der Waals surface area contributed by atoms with Gasteiger partial charge in [0.15, 0.2) is 5.78 Å². The molecule has 12 heavy (non-hydrogen) atoms. The van der Waals surface area contributed by atoms with Crippen LogP contribution in [0.3, 0.4) is 0 Å². The smallest absolute Gasteiger partial charge is 0.312 e. The molecule has 66 valence electrons. The zero-order valence-corrected chi connectivity index (χ0v) is 7.18. The summed E-state index contributed by atoms with van der Waals surface area (Å²) in [6, 6.07) is 0. The Kier molecular flexibility index (Phi) is 2.47. The Hall–Kier alpha value is -1.32. The molecule has 0 bridgehead atoms. The first-order valence-electron chi connectivity index (χ1n) is 3.97. The Bertz CT molecular complexity index is 324. The first kappa shape index (κ1) is 8.77. The van der Waals surface area contributed by atoms with E-state index in [9.17, 15) is 9.59 Å². The van der Waals surface area contributed by atoms with Crippen molar-refractivity contribution < 1.29 is 4.79 Å². The second-order valence-electron chi connectivity index (χ2n) is 2.83. The van der Waals surface area contributed by atoms with Gasteiger partial charge in [-0.25, -0.2) is 4.79 Å². The minimum atomic E-state index is -0.332. The highest BCUT2D eigenvalue weighted by molar-refractivity contribution is 5.95. The standard InChI is InChI=1S/C8H12N2O2/c1-3-5(2)7(11)6-4-9-8(12)10-6/h4-5H,3H2,1-2H3,(H2,9,10,12). The molecule has 0 fully saturated rings. The van der Waals surface area contributed by atoms with E-state index in [-0.39, 0.29) is 17.4 Å². The lowest BCUT2D eigenvalue weighted by atomic mass is 10.0. The monoisotopic (exact) mass is 168 g/mol. The zero-order chi connectivity index (χ0) is 9.14. The molecule has 4 heteroatoms. The average molecular weight is 168 g/mol. The summed E-state index contributed by atoms with van der Waals surface area (Å²) in [5.41, 5.74) is 0.0380. The van der Waals surface area contributed by atoms with Crippen molar-refractivity contribution in [2.24, 2.45) is 5.92 Å². The van der Waals surface area contributed by atoms with Crippen molar-refractivity contribution in [2.45, 2.75) is 20.3 Å². The maximum atomic E-state index is 11.4. The second-order valence-corrected chi connectivity index (χ2v) is 2.83. The van der Waals surface area contributed by atoms with Gasteiger partial charge in [0, 0.05) is 12.1 Å². The molecule has 0 saturated carbocycles.